The van der Waals surface area contributed by atoms with E-state index in [9.17, 15) is 8.42 Å². The van der Waals surface area contributed by atoms with Crippen LogP contribution in [-0.2, 0) is 10.2 Å². The van der Waals surface area contributed by atoms with Crippen LogP contribution in [0.2, 0.25) is 0 Å². The van der Waals surface area contributed by atoms with Crippen molar-refractivity contribution < 1.29 is 8.42 Å². The predicted octanol–water partition coefficient (Wildman–Crippen LogP) is 3.65. The van der Waals surface area contributed by atoms with Gasteiger partial charge in [-0.1, -0.05) is 18.2 Å². The molecule has 1 aliphatic carbocycles. The lowest BCUT2D eigenvalue weighted by atomic mass is 9.84. The van der Waals surface area contributed by atoms with Gasteiger partial charge in [0.05, 0.1) is 5.69 Å². The number of aromatic amines is 1. The Morgan fingerprint density at radius 3 is 2.54 bits per heavy atom. The maximum Gasteiger partial charge on any atom is 0.279 e. The second kappa shape index (κ2) is 7.66. The topological polar surface area (TPSA) is 78.1 Å². The summed E-state index contributed by atoms with van der Waals surface area (Å²) in [5, 5.41) is 1.20. The third-order valence-corrected chi connectivity index (χ3v) is 7.16. The number of benzene rings is 1. The van der Waals surface area contributed by atoms with Gasteiger partial charge in [0.25, 0.3) is 10.2 Å². The summed E-state index contributed by atoms with van der Waals surface area (Å²) in [6.07, 6.45) is 5.46. The van der Waals surface area contributed by atoms with E-state index in [-0.39, 0.29) is 6.04 Å². The van der Waals surface area contributed by atoms with Crippen LogP contribution < -0.4 is 4.72 Å². The Labute approximate surface area is 166 Å². The highest BCUT2D eigenvalue weighted by Crippen LogP contribution is 2.35. The molecule has 0 bridgehead atoms. The van der Waals surface area contributed by atoms with E-state index in [0.29, 0.717) is 5.92 Å². The highest BCUT2D eigenvalue weighted by molar-refractivity contribution is 7.87. The van der Waals surface area contributed by atoms with Crippen molar-refractivity contribution in [2.75, 3.05) is 14.1 Å². The maximum absolute atomic E-state index is 12.0. The van der Waals surface area contributed by atoms with E-state index in [1.54, 1.807) is 14.1 Å². The van der Waals surface area contributed by atoms with E-state index in [0.717, 1.165) is 42.5 Å². The molecule has 2 heterocycles. The molecule has 3 aromatic rings. The van der Waals surface area contributed by atoms with Crippen molar-refractivity contribution in [3.05, 3.63) is 54.4 Å². The second-order valence-electron chi connectivity index (χ2n) is 7.70. The van der Waals surface area contributed by atoms with Crippen molar-refractivity contribution in [1.29, 1.82) is 0 Å². The van der Waals surface area contributed by atoms with Crippen LogP contribution in [0.4, 0.5) is 0 Å². The summed E-state index contributed by atoms with van der Waals surface area (Å²) < 4.78 is 28.1. The fraction of sp³-hybridized carbons (Fsp3) is 0.381. The van der Waals surface area contributed by atoms with Crippen LogP contribution in [0.5, 0.6) is 0 Å². The Bertz CT molecular complexity index is 1050. The zero-order valence-corrected chi connectivity index (χ0v) is 17.0. The molecule has 0 unspecified atom stereocenters. The molecule has 0 radical (unpaired) electrons. The van der Waals surface area contributed by atoms with Crippen LogP contribution in [0.15, 0.2) is 48.7 Å². The molecule has 0 atom stereocenters. The molecule has 2 aromatic heterocycles. The molecule has 1 saturated carbocycles. The van der Waals surface area contributed by atoms with Gasteiger partial charge in [-0.3, -0.25) is 4.98 Å². The largest absolute Gasteiger partial charge is 0.358 e. The molecular weight excluding hydrogens is 372 g/mol. The molecule has 0 amide bonds. The van der Waals surface area contributed by atoms with Gasteiger partial charge < -0.3 is 4.98 Å². The number of hydrogen-bond donors (Lipinski definition) is 2. The summed E-state index contributed by atoms with van der Waals surface area (Å²) in [6.45, 7) is 0. The Kier molecular flexibility index (Phi) is 5.23. The minimum Gasteiger partial charge on any atom is -0.358 e. The summed E-state index contributed by atoms with van der Waals surface area (Å²) in [5.74, 6) is 0.436. The van der Waals surface area contributed by atoms with Crippen molar-refractivity contribution in [3.63, 3.8) is 0 Å². The lowest BCUT2D eigenvalue weighted by Gasteiger charge is -2.29. The molecule has 1 aliphatic rings. The molecule has 0 spiro atoms. The minimum atomic E-state index is -3.36. The Balaban J connectivity index is 1.47. The Morgan fingerprint density at radius 1 is 1.07 bits per heavy atom. The van der Waals surface area contributed by atoms with Gasteiger partial charge in [0.15, 0.2) is 0 Å². The molecule has 1 aromatic carbocycles. The lowest BCUT2D eigenvalue weighted by molar-refractivity contribution is 0.364. The molecule has 4 rings (SSSR count). The van der Waals surface area contributed by atoms with Crippen molar-refractivity contribution in [3.8, 4) is 11.3 Å². The van der Waals surface area contributed by atoms with Gasteiger partial charge in [0.2, 0.25) is 0 Å². The van der Waals surface area contributed by atoms with Crippen LogP contribution >= 0.6 is 0 Å². The van der Waals surface area contributed by atoms with Gasteiger partial charge in [-0.25, -0.2) is 0 Å². The number of rotatable bonds is 5. The molecule has 2 N–H and O–H groups in total. The third-order valence-electron chi connectivity index (χ3n) is 5.57. The number of fused-ring (bicyclic) bond motifs is 1. The van der Waals surface area contributed by atoms with Crippen LogP contribution in [-0.4, -0.2) is 42.8 Å². The SMILES string of the molecule is CN(C)S(=O)(=O)NC1CCC(c2cc3ccc(-c4ccccn4)cc3[nH]2)CC1. The summed E-state index contributed by atoms with van der Waals surface area (Å²) in [5.41, 5.74) is 4.42. The highest BCUT2D eigenvalue weighted by Gasteiger charge is 2.27. The lowest BCUT2D eigenvalue weighted by Crippen LogP contribution is -2.43. The Morgan fingerprint density at radius 2 is 1.86 bits per heavy atom. The summed E-state index contributed by atoms with van der Waals surface area (Å²) in [7, 11) is -0.255. The first-order chi connectivity index (χ1) is 13.4. The minimum absolute atomic E-state index is 0.0174. The number of hydrogen-bond acceptors (Lipinski definition) is 3. The van der Waals surface area contributed by atoms with Gasteiger partial charge in [-0.15, -0.1) is 0 Å². The van der Waals surface area contributed by atoms with Gasteiger partial charge in [0, 0.05) is 43.1 Å². The van der Waals surface area contributed by atoms with E-state index < -0.39 is 10.2 Å². The summed E-state index contributed by atoms with van der Waals surface area (Å²) >= 11 is 0. The number of nitrogens with zero attached hydrogens (tertiary/aromatic N) is 2. The van der Waals surface area contributed by atoms with Gasteiger partial charge in [0.1, 0.15) is 0 Å². The van der Waals surface area contributed by atoms with Crippen LogP contribution in [0.3, 0.4) is 0 Å². The number of pyridine rings is 1. The first-order valence-corrected chi connectivity index (χ1v) is 11.1. The van der Waals surface area contributed by atoms with E-state index >= 15 is 0 Å². The van der Waals surface area contributed by atoms with Crippen LogP contribution in [0.25, 0.3) is 22.2 Å². The highest BCUT2D eigenvalue weighted by atomic mass is 32.2. The van der Waals surface area contributed by atoms with E-state index in [1.807, 2.05) is 24.4 Å². The maximum atomic E-state index is 12.0. The molecule has 148 valence electrons. The molecule has 28 heavy (non-hydrogen) atoms. The summed E-state index contributed by atoms with van der Waals surface area (Å²) in [4.78, 5) is 8.01. The number of aromatic nitrogens is 2. The van der Waals surface area contributed by atoms with Crippen molar-refractivity contribution in [2.45, 2.75) is 37.6 Å². The predicted molar refractivity (Wildman–Crippen MR) is 112 cm³/mol. The van der Waals surface area contributed by atoms with E-state index in [2.05, 4.69) is 39.0 Å². The van der Waals surface area contributed by atoms with Crippen LogP contribution in [0.1, 0.15) is 37.3 Å². The summed E-state index contributed by atoms with van der Waals surface area (Å²) in [6, 6.07) is 14.6. The average molecular weight is 399 g/mol. The first-order valence-electron chi connectivity index (χ1n) is 9.66. The fourth-order valence-electron chi connectivity index (χ4n) is 3.90. The van der Waals surface area contributed by atoms with E-state index in [4.69, 9.17) is 0 Å². The Hall–Kier alpha value is -2.22. The molecular formula is C21H26N4O2S. The van der Waals surface area contributed by atoms with Gasteiger partial charge in [-0.05, 0) is 61.3 Å². The fourth-order valence-corrected chi connectivity index (χ4v) is 4.77. The zero-order chi connectivity index (χ0) is 19.7. The number of nitrogens with one attached hydrogen (secondary N) is 2. The van der Waals surface area contributed by atoms with Crippen molar-refractivity contribution in [1.82, 2.24) is 19.0 Å². The molecule has 0 saturated heterocycles. The van der Waals surface area contributed by atoms with Crippen LogP contribution in [0, 0.1) is 0 Å². The van der Waals surface area contributed by atoms with Crippen molar-refractivity contribution >= 4 is 21.1 Å². The quantitative estimate of drug-likeness (QED) is 0.689. The smallest absolute Gasteiger partial charge is 0.279 e. The molecule has 0 aliphatic heterocycles. The van der Waals surface area contributed by atoms with Gasteiger partial charge in [-0.2, -0.15) is 17.4 Å². The third kappa shape index (κ3) is 3.97. The zero-order valence-electron chi connectivity index (χ0n) is 16.2. The average Bonchev–Trinajstić information content (AvgIpc) is 3.12. The number of H-pyrrole nitrogens is 1. The van der Waals surface area contributed by atoms with E-state index in [1.165, 1.54) is 15.4 Å². The first kappa shape index (κ1) is 19.1. The standard InChI is InChI=1S/C21H26N4O2S/c1-25(2)28(26,27)24-18-10-8-15(9-11-18)20-14-17-7-6-16(13-21(17)23-20)19-5-3-4-12-22-19/h3-7,12-15,18,23-24H,8-11H2,1-2H3. The molecule has 1 fully saturated rings. The molecule has 6 nitrogen and oxygen atoms in total. The van der Waals surface area contributed by atoms with Crippen molar-refractivity contribution in [2.24, 2.45) is 0 Å². The monoisotopic (exact) mass is 398 g/mol. The normalized spacial score (nSPS) is 20.7. The molecule has 7 heteroatoms. The van der Waals surface area contributed by atoms with Gasteiger partial charge >= 0.3 is 0 Å². The second-order valence-corrected chi connectivity index (χ2v) is 9.61.